The van der Waals surface area contributed by atoms with E-state index in [-0.39, 0.29) is 18.9 Å². The highest BCUT2D eigenvalue weighted by Gasteiger charge is 2.21. The zero-order valence-corrected chi connectivity index (χ0v) is 42.0. The fraction of sp³-hybridized carbons (Fsp3) is 0.912. The van der Waals surface area contributed by atoms with Crippen molar-refractivity contribution in [2.24, 2.45) is 0 Å². The summed E-state index contributed by atoms with van der Waals surface area (Å²) in [5, 5.41) is 33.4. The third-order valence-corrected chi connectivity index (χ3v) is 13.3. The van der Waals surface area contributed by atoms with Gasteiger partial charge in [0.2, 0.25) is 5.91 Å². The van der Waals surface area contributed by atoms with Crippen LogP contribution in [0.3, 0.4) is 0 Å². The zero-order chi connectivity index (χ0) is 45.1. The Hall–Kier alpha value is -1.17. The Morgan fingerprint density at radius 2 is 0.694 bits per heavy atom. The molecule has 0 heterocycles. The molecule has 5 nitrogen and oxygen atoms in total. The summed E-state index contributed by atoms with van der Waals surface area (Å²) in [5.41, 5.74) is 0. The fourth-order valence-corrected chi connectivity index (χ4v) is 8.97. The van der Waals surface area contributed by atoms with Gasteiger partial charge in [0.05, 0.1) is 31.3 Å². The minimum Gasteiger partial charge on any atom is -0.394 e. The highest BCUT2D eigenvalue weighted by atomic mass is 16.3. The van der Waals surface area contributed by atoms with Gasteiger partial charge >= 0.3 is 0 Å². The molecule has 0 saturated heterocycles. The van der Waals surface area contributed by atoms with E-state index in [0.29, 0.717) is 12.8 Å². The summed E-state index contributed by atoms with van der Waals surface area (Å²) in [6.45, 7) is 4.27. The summed E-state index contributed by atoms with van der Waals surface area (Å²) in [6.07, 6.45) is 66.5. The third-order valence-electron chi connectivity index (χ3n) is 13.3. The molecule has 0 bridgehead atoms. The largest absolute Gasteiger partial charge is 0.394 e. The molecule has 0 aliphatic carbocycles. The van der Waals surface area contributed by atoms with Crippen LogP contribution in [0.2, 0.25) is 0 Å². The number of carbonyl (C=O) groups is 1. The molecule has 5 heteroatoms. The average molecular weight is 875 g/mol. The van der Waals surface area contributed by atoms with Gasteiger partial charge in [0.1, 0.15) is 0 Å². The molecule has 3 atom stereocenters. The van der Waals surface area contributed by atoms with Crippen molar-refractivity contribution in [1.29, 1.82) is 0 Å². The Morgan fingerprint density at radius 3 is 1.02 bits per heavy atom. The Bertz CT molecular complexity index is 920. The van der Waals surface area contributed by atoms with Gasteiger partial charge in [0.15, 0.2) is 0 Å². The van der Waals surface area contributed by atoms with Crippen LogP contribution < -0.4 is 5.32 Å². The van der Waals surface area contributed by atoms with Crippen LogP contribution in [-0.4, -0.2) is 46.1 Å². The molecule has 0 radical (unpaired) electrons. The fourth-order valence-electron chi connectivity index (χ4n) is 8.97. The lowest BCUT2D eigenvalue weighted by molar-refractivity contribution is -0.125. The molecule has 0 aliphatic heterocycles. The van der Waals surface area contributed by atoms with E-state index < -0.39 is 18.2 Å². The minimum atomic E-state index is -0.746. The number of carbonyl (C=O) groups excluding carboxylic acids is 1. The second kappa shape index (κ2) is 52.5. The molecule has 368 valence electrons. The van der Waals surface area contributed by atoms with Crippen LogP contribution in [0.5, 0.6) is 0 Å². The summed E-state index contributed by atoms with van der Waals surface area (Å²) < 4.78 is 0. The van der Waals surface area contributed by atoms with Crippen LogP contribution in [0.4, 0.5) is 0 Å². The SMILES string of the molecule is CCCCCCCCCCCCCCCCC/C=C\C/C=C\CCCCCCCCCCCCCCCCCC(O)CC(=O)NC(CO)C(O)CCCCCCCCCCCC. The molecule has 1 amide bonds. The van der Waals surface area contributed by atoms with Gasteiger partial charge in [-0.1, -0.05) is 282 Å². The van der Waals surface area contributed by atoms with E-state index in [1.165, 1.54) is 244 Å². The number of nitrogens with one attached hydrogen (secondary N) is 1. The maximum absolute atomic E-state index is 12.5. The molecule has 4 N–H and O–H groups in total. The van der Waals surface area contributed by atoms with E-state index in [0.717, 1.165) is 32.1 Å². The summed E-state index contributed by atoms with van der Waals surface area (Å²) >= 11 is 0. The second-order valence-corrected chi connectivity index (χ2v) is 19.6. The van der Waals surface area contributed by atoms with E-state index >= 15 is 0 Å². The number of allylic oxidation sites excluding steroid dienone is 4. The number of hydrogen-bond acceptors (Lipinski definition) is 4. The predicted octanol–water partition coefficient (Wildman–Crippen LogP) is 17.3. The topological polar surface area (TPSA) is 89.8 Å². The van der Waals surface area contributed by atoms with Crippen LogP contribution >= 0.6 is 0 Å². The van der Waals surface area contributed by atoms with E-state index in [9.17, 15) is 20.1 Å². The molecule has 0 aromatic rings. The van der Waals surface area contributed by atoms with Gasteiger partial charge in [0.25, 0.3) is 0 Å². The molecular formula is C57H111NO4. The van der Waals surface area contributed by atoms with E-state index in [2.05, 4.69) is 43.5 Å². The van der Waals surface area contributed by atoms with Crippen LogP contribution in [0, 0.1) is 0 Å². The standard InChI is InChI=1S/C57H111NO4/c1-3-5-7-9-11-13-15-16-17-18-19-20-21-22-23-24-25-26-27-28-29-30-31-32-33-34-35-36-37-38-39-40-41-42-44-46-48-50-54(60)52-57(62)58-55(53-59)56(61)51-49-47-45-43-14-12-10-8-6-4-2/h25-26,28-29,54-56,59-61H,3-24,27,30-53H2,1-2H3,(H,58,62)/b26-25-,29-28-. The maximum atomic E-state index is 12.5. The van der Waals surface area contributed by atoms with Gasteiger partial charge < -0.3 is 20.6 Å². The lowest BCUT2D eigenvalue weighted by Gasteiger charge is -2.23. The highest BCUT2D eigenvalue weighted by Crippen LogP contribution is 2.18. The lowest BCUT2D eigenvalue weighted by atomic mass is 10.0. The highest BCUT2D eigenvalue weighted by molar-refractivity contribution is 5.76. The van der Waals surface area contributed by atoms with E-state index in [1.54, 1.807) is 0 Å². The first-order chi connectivity index (χ1) is 30.5. The van der Waals surface area contributed by atoms with Gasteiger partial charge in [-0.3, -0.25) is 4.79 Å². The van der Waals surface area contributed by atoms with E-state index in [1.807, 2.05) is 0 Å². The van der Waals surface area contributed by atoms with Crippen molar-refractivity contribution >= 4 is 5.91 Å². The lowest BCUT2D eigenvalue weighted by Crippen LogP contribution is -2.46. The Balaban J connectivity index is 3.43. The summed E-state index contributed by atoms with van der Waals surface area (Å²) in [7, 11) is 0. The Labute approximate surface area is 388 Å². The van der Waals surface area contributed by atoms with Crippen LogP contribution in [0.1, 0.15) is 309 Å². The summed E-state index contributed by atoms with van der Waals surface area (Å²) in [5.74, 6) is -0.281. The molecular weight excluding hydrogens is 763 g/mol. The Kier molecular flexibility index (Phi) is 51.5. The number of unbranched alkanes of at least 4 members (excludes halogenated alkanes) is 39. The van der Waals surface area contributed by atoms with Crippen molar-refractivity contribution in [3.8, 4) is 0 Å². The van der Waals surface area contributed by atoms with Gasteiger partial charge in [-0.25, -0.2) is 0 Å². The van der Waals surface area contributed by atoms with Crippen molar-refractivity contribution in [2.45, 2.75) is 327 Å². The molecule has 0 rings (SSSR count). The third kappa shape index (κ3) is 48.3. The van der Waals surface area contributed by atoms with Crippen molar-refractivity contribution < 1.29 is 20.1 Å². The smallest absolute Gasteiger partial charge is 0.222 e. The van der Waals surface area contributed by atoms with E-state index in [4.69, 9.17) is 0 Å². The number of hydrogen-bond donors (Lipinski definition) is 4. The molecule has 0 aromatic carbocycles. The van der Waals surface area contributed by atoms with Crippen molar-refractivity contribution in [3.63, 3.8) is 0 Å². The molecule has 0 aliphatic rings. The second-order valence-electron chi connectivity index (χ2n) is 19.6. The number of aliphatic hydroxyl groups is 3. The normalized spacial score (nSPS) is 13.4. The molecule has 62 heavy (non-hydrogen) atoms. The summed E-state index contributed by atoms with van der Waals surface area (Å²) in [6, 6.07) is -0.655. The molecule has 0 aromatic heterocycles. The predicted molar refractivity (Wildman–Crippen MR) is 273 cm³/mol. The molecule has 0 spiro atoms. The van der Waals surface area contributed by atoms with Gasteiger partial charge in [-0.05, 0) is 44.9 Å². The van der Waals surface area contributed by atoms with Gasteiger partial charge in [-0.2, -0.15) is 0 Å². The zero-order valence-electron chi connectivity index (χ0n) is 42.0. The first-order valence-electron chi connectivity index (χ1n) is 28.1. The number of aliphatic hydroxyl groups excluding tert-OH is 3. The van der Waals surface area contributed by atoms with Crippen LogP contribution in [0.25, 0.3) is 0 Å². The Morgan fingerprint density at radius 1 is 0.403 bits per heavy atom. The maximum Gasteiger partial charge on any atom is 0.222 e. The molecule has 3 unspecified atom stereocenters. The van der Waals surface area contributed by atoms with Gasteiger partial charge in [-0.15, -0.1) is 0 Å². The van der Waals surface area contributed by atoms with Crippen LogP contribution in [0.15, 0.2) is 24.3 Å². The molecule has 0 fully saturated rings. The monoisotopic (exact) mass is 874 g/mol. The number of rotatable bonds is 52. The average Bonchev–Trinajstić information content (AvgIpc) is 3.27. The van der Waals surface area contributed by atoms with Gasteiger partial charge in [0, 0.05) is 0 Å². The number of amides is 1. The summed E-state index contributed by atoms with van der Waals surface area (Å²) in [4.78, 5) is 12.5. The first kappa shape index (κ1) is 60.8. The van der Waals surface area contributed by atoms with Crippen molar-refractivity contribution in [2.75, 3.05) is 6.61 Å². The quantitative estimate of drug-likeness (QED) is 0.0362. The minimum absolute atomic E-state index is 0.0386. The molecule has 0 saturated carbocycles. The van der Waals surface area contributed by atoms with Crippen molar-refractivity contribution in [1.82, 2.24) is 5.32 Å². The first-order valence-corrected chi connectivity index (χ1v) is 28.1. The van der Waals surface area contributed by atoms with Crippen molar-refractivity contribution in [3.05, 3.63) is 24.3 Å². The van der Waals surface area contributed by atoms with Crippen LogP contribution in [-0.2, 0) is 4.79 Å².